The Kier molecular flexibility index (Phi) is 26.8. The van der Waals surface area contributed by atoms with Crippen LogP contribution in [0.4, 0.5) is 0 Å². The summed E-state index contributed by atoms with van der Waals surface area (Å²) in [5.74, 6) is -7.66. The standard InChI is InChI=1S/C54H85N5O23/c1-8-9-10-11-12-13-14-15-16-17-31(76-40(66)22-29(2)23-41(67)81-53-50(74-7)49(46(73-6)30(3)75-53)80-39(65)19-18-38(63)64)24-42(68)77-35-28-57(4)45(51(69)58(5)44(35)52(70)71)48(82-43-26-32(60)34(27-55)78-43)47-33(61)25-37(79-47)59-21-20-36(62)56-54(59)72/h20-21,29-35,37,43-50,53,60-61H,8-19,22-28,55H2,1-7H3,(H,63,64)(H,70,71)(H,56,62,72). The zero-order valence-electron chi connectivity index (χ0n) is 47.9. The van der Waals surface area contributed by atoms with Crippen molar-refractivity contribution in [3.63, 3.8) is 0 Å². The lowest BCUT2D eigenvalue weighted by Crippen LogP contribution is -2.60. The van der Waals surface area contributed by atoms with Gasteiger partial charge in [-0.1, -0.05) is 65.2 Å². The lowest BCUT2D eigenvalue weighted by atomic mass is 9.98. The van der Waals surface area contributed by atoms with Gasteiger partial charge in [-0.2, -0.15) is 0 Å². The second-order valence-corrected chi connectivity index (χ2v) is 21.7. The molecule has 5 heterocycles. The number of carboxylic acid groups (broad SMARTS) is 2. The van der Waals surface area contributed by atoms with Crippen LogP contribution in [0.1, 0.15) is 136 Å². The van der Waals surface area contributed by atoms with E-state index in [1.165, 1.54) is 39.4 Å². The van der Waals surface area contributed by atoms with Crippen LogP contribution in [0, 0.1) is 5.92 Å². The molecular formula is C54H85N5O23. The Hall–Kier alpha value is -5.43. The van der Waals surface area contributed by atoms with Gasteiger partial charge < -0.3 is 78.4 Å². The van der Waals surface area contributed by atoms with Crippen LogP contribution in [0.25, 0.3) is 0 Å². The first-order chi connectivity index (χ1) is 39.0. The summed E-state index contributed by atoms with van der Waals surface area (Å²) in [4.78, 5) is 122. The molecule has 1 aromatic rings. The molecule has 7 N–H and O–H groups in total. The highest BCUT2D eigenvalue weighted by molar-refractivity contribution is 5.89. The summed E-state index contributed by atoms with van der Waals surface area (Å²) in [6.45, 7) is 4.84. The molecule has 0 saturated carbocycles. The number of carbonyl (C=O) groups is 7. The summed E-state index contributed by atoms with van der Waals surface area (Å²) >= 11 is 0. The molecule has 17 atom stereocenters. The maximum Gasteiger partial charge on any atom is 0.330 e. The van der Waals surface area contributed by atoms with Crippen molar-refractivity contribution in [2.75, 3.05) is 41.4 Å². The molecule has 0 radical (unpaired) electrons. The van der Waals surface area contributed by atoms with Crippen LogP contribution in [0.15, 0.2) is 21.9 Å². The number of unbranched alkanes of at least 4 members (excludes halogenated alkanes) is 8. The first-order valence-corrected chi connectivity index (χ1v) is 28.2. The number of aromatic amines is 1. The molecular weight excluding hydrogens is 1090 g/mol. The van der Waals surface area contributed by atoms with Crippen LogP contribution in [-0.4, -0.2) is 215 Å². The molecule has 464 valence electrons. The zero-order valence-corrected chi connectivity index (χ0v) is 47.9. The first-order valence-electron chi connectivity index (χ1n) is 28.2. The van der Waals surface area contributed by atoms with Gasteiger partial charge in [-0.25, -0.2) is 9.59 Å². The van der Waals surface area contributed by atoms with E-state index in [2.05, 4.69) is 11.9 Å². The van der Waals surface area contributed by atoms with E-state index in [0.717, 1.165) is 66.9 Å². The highest BCUT2D eigenvalue weighted by Crippen LogP contribution is 2.37. The Balaban J connectivity index is 1.29. The lowest BCUT2D eigenvalue weighted by molar-refractivity contribution is -0.295. The van der Waals surface area contributed by atoms with E-state index in [0.29, 0.717) is 6.42 Å². The minimum Gasteiger partial charge on any atom is -0.481 e. The molecule has 5 rings (SSSR count). The van der Waals surface area contributed by atoms with Gasteiger partial charge in [0.25, 0.3) is 5.56 Å². The van der Waals surface area contributed by atoms with Crippen LogP contribution in [-0.2, 0) is 80.9 Å². The SMILES string of the molecule is CCCCCCCCCCCC(CC(=O)OC1CN(C)C(C(OC2CC(O)C(CN)O2)C2OC(n3ccc(=O)[nH]c3=O)CC2O)C(=O)N(C)C1C(=O)O)OC(=O)CC(C)CC(=O)OC1OC(C)C(OC)C(OC(=O)CCC(=O)O)C1OC. The number of carbonyl (C=O) groups excluding carboxylic acids is 5. The number of H-pyrrole nitrogens is 1. The molecule has 4 aliphatic rings. The van der Waals surface area contributed by atoms with E-state index in [1.807, 2.05) is 0 Å². The highest BCUT2D eigenvalue weighted by atomic mass is 16.7. The number of nitrogens with one attached hydrogen (secondary N) is 1. The summed E-state index contributed by atoms with van der Waals surface area (Å²) in [6, 6.07) is -2.19. The second-order valence-electron chi connectivity index (χ2n) is 21.7. The van der Waals surface area contributed by atoms with Gasteiger partial charge in [0, 0.05) is 72.3 Å². The minimum atomic E-state index is -1.79. The molecule has 28 nitrogen and oxygen atoms in total. The average Bonchev–Trinajstić information content (AvgIpc) is 3.12. The van der Waals surface area contributed by atoms with Gasteiger partial charge in [-0.3, -0.25) is 48.0 Å². The minimum absolute atomic E-state index is 0.0902. The summed E-state index contributed by atoms with van der Waals surface area (Å²) < 4.78 is 59.4. The van der Waals surface area contributed by atoms with Gasteiger partial charge in [0.15, 0.2) is 24.5 Å². The maximum absolute atomic E-state index is 14.7. The zero-order chi connectivity index (χ0) is 60.4. The third kappa shape index (κ3) is 19.0. The molecule has 1 amide bonds. The average molecular weight is 1170 g/mol. The number of hydrogen-bond donors (Lipinski definition) is 6. The number of methoxy groups -OCH3 is 2. The number of rotatable bonds is 32. The number of aliphatic hydroxyl groups is 2. The van der Waals surface area contributed by atoms with E-state index < -0.39 is 183 Å². The molecule has 4 saturated heterocycles. The summed E-state index contributed by atoms with van der Waals surface area (Å²) in [5.41, 5.74) is 4.29. The van der Waals surface area contributed by atoms with Crippen molar-refractivity contribution >= 4 is 41.7 Å². The number of hydrogen-bond acceptors (Lipinski definition) is 23. The molecule has 0 aromatic carbocycles. The third-order valence-corrected chi connectivity index (χ3v) is 15.2. The molecule has 4 aliphatic heterocycles. The number of amides is 1. The molecule has 28 heteroatoms. The van der Waals surface area contributed by atoms with E-state index in [9.17, 15) is 58.5 Å². The highest BCUT2D eigenvalue weighted by Gasteiger charge is 2.54. The first kappa shape index (κ1) is 67.4. The van der Waals surface area contributed by atoms with Gasteiger partial charge >= 0.3 is 41.5 Å². The summed E-state index contributed by atoms with van der Waals surface area (Å²) in [7, 11) is 5.26. The Bertz CT molecular complexity index is 2390. The number of nitrogens with zero attached hydrogens (tertiary/aromatic N) is 3. The van der Waals surface area contributed by atoms with E-state index >= 15 is 0 Å². The van der Waals surface area contributed by atoms with Gasteiger partial charge in [0.1, 0.15) is 42.8 Å². The number of esters is 4. The summed E-state index contributed by atoms with van der Waals surface area (Å²) in [6.07, 6.45) is -8.87. The second kappa shape index (κ2) is 32.6. The Morgan fingerprint density at radius 2 is 1.43 bits per heavy atom. The predicted molar refractivity (Wildman–Crippen MR) is 283 cm³/mol. The van der Waals surface area contributed by atoms with E-state index in [4.69, 9.17) is 58.2 Å². The van der Waals surface area contributed by atoms with Crippen molar-refractivity contribution < 1.29 is 101 Å². The van der Waals surface area contributed by atoms with Crippen molar-refractivity contribution in [1.29, 1.82) is 0 Å². The number of ether oxygens (including phenoxy) is 10. The van der Waals surface area contributed by atoms with Crippen molar-refractivity contribution in [2.24, 2.45) is 11.7 Å². The molecule has 1 aromatic heterocycles. The Morgan fingerprint density at radius 3 is 2.04 bits per heavy atom. The maximum atomic E-state index is 14.7. The molecule has 0 spiro atoms. The van der Waals surface area contributed by atoms with Crippen LogP contribution < -0.4 is 17.0 Å². The predicted octanol–water partition coefficient (Wildman–Crippen LogP) is 0.876. The molecule has 0 bridgehead atoms. The number of aliphatic carboxylic acids is 2. The van der Waals surface area contributed by atoms with Gasteiger partial charge in [0.05, 0.1) is 43.7 Å². The van der Waals surface area contributed by atoms with Gasteiger partial charge in [-0.05, 0) is 32.7 Å². The number of aromatic nitrogens is 2. The summed E-state index contributed by atoms with van der Waals surface area (Å²) in [5, 5.41) is 41.9. The number of aliphatic hydroxyl groups excluding tert-OH is 2. The van der Waals surface area contributed by atoms with E-state index in [1.54, 1.807) is 13.8 Å². The third-order valence-electron chi connectivity index (χ3n) is 15.2. The molecule has 82 heavy (non-hydrogen) atoms. The Labute approximate surface area is 475 Å². The van der Waals surface area contributed by atoms with Crippen molar-refractivity contribution in [2.45, 2.75) is 228 Å². The van der Waals surface area contributed by atoms with Crippen LogP contribution in [0.3, 0.4) is 0 Å². The van der Waals surface area contributed by atoms with Gasteiger partial charge in [-0.15, -0.1) is 0 Å². The Morgan fingerprint density at radius 1 is 0.780 bits per heavy atom. The lowest BCUT2D eigenvalue weighted by Gasteiger charge is -2.43. The number of likely N-dealkylation sites (N-methyl/N-ethyl adjacent to an activating group) is 2. The van der Waals surface area contributed by atoms with E-state index in [-0.39, 0.29) is 38.6 Å². The van der Waals surface area contributed by atoms with Crippen LogP contribution in [0.2, 0.25) is 0 Å². The molecule has 4 fully saturated rings. The molecule has 17 unspecified atom stereocenters. The fourth-order valence-corrected chi connectivity index (χ4v) is 10.9. The smallest absolute Gasteiger partial charge is 0.330 e. The monoisotopic (exact) mass is 1170 g/mol. The van der Waals surface area contributed by atoms with Crippen LogP contribution in [0.5, 0.6) is 0 Å². The number of nitrogens with two attached hydrogens (primary N) is 1. The molecule has 0 aliphatic carbocycles. The largest absolute Gasteiger partial charge is 0.481 e. The normalized spacial score (nSPS) is 29.8. The van der Waals surface area contributed by atoms with Crippen LogP contribution >= 0.6 is 0 Å². The fourth-order valence-electron chi connectivity index (χ4n) is 10.9. The quantitative estimate of drug-likeness (QED) is 0.0331. The van der Waals surface area contributed by atoms with Crippen molar-refractivity contribution in [1.82, 2.24) is 19.4 Å². The fraction of sp³-hybridized carbons (Fsp3) is 0.796. The van der Waals surface area contributed by atoms with Crippen molar-refractivity contribution in [3.05, 3.63) is 33.1 Å². The number of carboxylic acids is 2. The van der Waals surface area contributed by atoms with Crippen molar-refractivity contribution in [3.8, 4) is 0 Å². The topological polar surface area (TPSA) is 380 Å². The van der Waals surface area contributed by atoms with Gasteiger partial charge in [0.2, 0.25) is 12.2 Å².